The minimum atomic E-state index is -0.306. The van der Waals surface area contributed by atoms with E-state index in [0.717, 1.165) is 10.6 Å². The van der Waals surface area contributed by atoms with E-state index in [4.69, 9.17) is 9.47 Å². The first-order valence-corrected chi connectivity index (χ1v) is 11.2. The van der Waals surface area contributed by atoms with Crippen LogP contribution in [0.1, 0.15) is 28.1 Å². The van der Waals surface area contributed by atoms with E-state index in [9.17, 15) is 9.59 Å². The Morgan fingerprint density at radius 2 is 1.79 bits per heavy atom. The Balaban J connectivity index is 1.64. The van der Waals surface area contributed by atoms with Gasteiger partial charge in [-0.1, -0.05) is 30.3 Å². The van der Waals surface area contributed by atoms with Crippen LogP contribution in [0.3, 0.4) is 0 Å². The van der Waals surface area contributed by atoms with Gasteiger partial charge in [-0.15, -0.1) is 11.3 Å². The smallest absolute Gasteiger partial charge is 0.266 e. The number of rotatable bonds is 7. The summed E-state index contributed by atoms with van der Waals surface area (Å²) in [5, 5.41) is 1.18. The number of aryl methyl sites for hydroxylation is 1. The Hall–Kier alpha value is -3.72. The Kier molecular flexibility index (Phi) is 6.41. The van der Waals surface area contributed by atoms with Gasteiger partial charge in [-0.2, -0.15) is 0 Å². The molecule has 2 aromatic heterocycles. The maximum atomic E-state index is 13.3. The molecule has 8 nitrogen and oxygen atoms in total. The van der Waals surface area contributed by atoms with Crippen molar-refractivity contribution in [1.29, 1.82) is 0 Å². The van der Waals surface area contributed by atoms with Gasteiger partial charge in [0.1, 0.15) is 15.7 Å². The molecule has 9 heteroatoms. The molecular formula is C24H24N4O4S. The largest absolute Gasteiger partial charge is 0.493 e. The molecule has 33 heavy (non-hydrogen) atoms. The van der Waals surface area contributed by atoms with E-state index < -0.39 is 0 Å². The number of hydrogen-bond acceptors (Lipinski definition) is 7. The fraction of sp³-hybridized carbons (Fsp3) is 0.250. The van der Waals surface area contributed by atoms with Crippen LogP contribution < -0.4 is 15.0 Å². The number of H-pyrrole nitrogens is 1. The van der Waals surface area contributed by atoms with Crippen molar-refractivity contribution in [2.75, 3.05) is 20.8 Å². The molecule has 0 saturated heterocycles. The molecule has 2 heterocycles. The standard InChI is InChI=1S/C24H24N4O4S/c1-5-28(24(30)21-14(2)25-23(33-21)15-9-7-6-8-10-15)13-20-26-17-12-19(32-4)18(31-3)11-16(17)22(29)27-20/h6-12H,5,13H2,1-4H3,(H,26,27,29). The van der Waals surface area contributed by atoms with Gasteiger partial charge in [0, 0.05) is 18.2 Å². The normalized spacial score (nSPS) is 10.9. The van der Waals surface area contributed by atoms with E-state index in [0.29, 0.717) is 45.3 Å². The first-order chi connectivity index (χ1) is 15.9. The molecule has 1 amide bonds. The predicted molar refractivity (Wildman–Crippen MR) is 128 cm³/mol. The summed E-state index contributed by atoms with van der Waals surface area (Å²) in [4.78, 5) is 40.2. The minimum absolute atomic E-state index is 0.148. The predicted octanol–water partition coefficient (Wildman–Crippen LogP) is 4.03. The van der Waals surface area contributed by atoms with Crippen molar-refractivity contribution in [1.82, 2.24) is 19.9 Å². The molecular weight excluding hydrogens is 440 g/mol. The van der Waals surface area contributed by atoms with Crippen molar-refractivity contribution in [3.8, 4) is 22.1 Å². The van der Waals surface area contributed by atoms with Crippen molar-refractivity contribution in [2.45, 2.75) is 20.4 Å². The summed E-state index contributed by atoms with van der Waals surface area (Å²) in [6.07, 6.45) is 0. The van der Waals surface area contributed by atoms with Gasteiger partial charge >= 0.3 is 0 Å². The summed E-state index contributed by atoms with van der Waals surface area (Å²) in [6, 6.07) is 13.0. The quantitative estimate of drug-likeness (QED) is 0.443. The second-order valence-electron chi connectivity index (χ2n) is 7.36. The number of aromatic nitrogens is 3. The van der Waals surface area contributed by atoms with Crippen LogP contribution in [0.25, 0.3) is 21.5 Å². The maximum absolute atomic E-state index is 13.3. The van der Waals surface area contributed by atoms with Crippen LogP contribution in [0.4, 0.5) is 0 Å². The lowest BCUT2D eigenvalue weighted by molar-refractivity contribution is 0.0752. The number of aromatic amines is 1. The molecule has 170 valence electrons. The maximum Gasteiger partial charge on any atom is 0.266 e. The van der Waals surface area contributed by atoms with E-state index in [1.165, 1.54) is 25.6 Å². The number of carbonyl (C=O) groups is 1. The molecule has 0 aliphatic rings. The van der Waals surface area contributed by atoms with E-state index in [-0.39, 0.29) is 18.0 Å². The van der Waals surface area contributed by atoms with Gasteiger partial charge in [0.05, 0.1) is 37.4 Å². The third kappa shape index (κ3) is 4.45. The summed E-state index contributed by atoms with van der Waals surface area (Å²) in [5.74, 6) is 1.17. The van der Waals surface area contributed by atoms with Crippen LogP contribution in [0.15, 0.2) is 47.3 Å². The van der Waals surface area contributed by atoms with Gasteiger partial charge < -0.3 is 19.4 Å². The van der Waals surface area contributed by atoms with Crippen molar-refractivity contribution in [3.05, 3.63) is 69.2 Å². The highest BCUT2D eigenvalue weighted by Crippen LogP contribution is 2.31. The van der Waals surface area contributed by atoms with Gasteiger partial charge in [-0.3, -0.25) is 9.59 Å². The molecule has 0 bridgehead atoms. The summed E-state index contributed by atoms with van der Waals surface area (Å²) >= 11 is 1.36. The molecule has 1 N–H and O–H groups in total. The van der Waals surface area contributed by atoms with E-state index >= 15 is 0 Å². The van der Waals surface area contributed by atoms with Crippen molar-refractivity contribution >= 4 is 28.1 Å². The van der Waals surface area contributed by atoms with Crippen LogP contribution in [-0.4, -0.2) is 46.5 Å². The van der Waals surface area contributed by atoms with Crippen LogP contribution in [-0.2, 0) is 6.54 Å². The first kappa shape index (κ1) is 22.5. The van der Waals surface area contributed by atoms with Crippen LogP contribution in [0.5, 0.6) is 11.5 Å². The van der Waals surface area contributed by atoms with Gasteiger partial charge in [-0.25, -0.2) is 9.97 Å². The Morgan fingerprint density at radius 3 is 2.45 bits per heavy atom. The average molecular weight is 465 g/mol. The zero-order valence-corrected chi connectivity index (χ0v) is 19.7. The molecule has 0 aliphatic heterocycles. The molecule has 0 saturated carbocycles. The highest BCUT2D eigenvalue weighted by atomic mass is 32.1. The fourth-order valence-electron chi connectivity index (χ4n) is 3.54. The number of methoxy groups -OCH3 is 2. The summed E-state index contributed by atoms with van der Waals surface area (Å²) in [5.41, 5.74) is 1.81. The number of thiazole rings is 1. The SMILES string of the molecule is CCN(Cc1nc2cc(OC)c(OC)cc2c(=O)[nH]1)C(=O)c1sc(-c2ccccc2)nc1C. The minimum Gasteiger partial charge on any atom is -0.493 e. The lowest BCUT2D eigenvalue weighted by Crippen LogP contribution is -2.31. The molecule has 2 aromatic carbocycles. The summed E-state index contributed by atoms with van der Waals surface area (Å²) in [6.45, 7) is 4.33. The van der Waals surface area contributed by atoms with E-state index in [1.54, 1.807) is 17.0 Å². The number of nitrogens with zero attached hydrogens (tertiary/aromatic N) is 3. The van der Waals surface area contributed by atoms with Crippen LogP contribution >= 0.6 is 11.3 Å². The van der Waals surface area contributed by atoms with Crippen molar-refractivity contribution in [2.24, 2.45) is 0 Å². The number of carbonyl (C=O) groups excluding carboxylic acids is 1. The van der Waals surface area contributed by atoms with Crippen molar-refractivity contribution in [3.63, 3.8) is 0 Å². The van der Waals surface area contributed by atoms with Crippen LogP contribution in [0.2, 0.25) is 0 Å². The van der Waals surface area contributed by atoms with Gasteiger partial charge in [0.15, 0.2) is 11.5 Å². The van der Waals surface area contributed by atoms with Gasteiger partial charge in [-0.05, 0) is 19.9 Å². The molecule has 0 atom stereocenters. The molecule has 4 rings (SSSR count). The topological polar surface area (TPSA) is 97.4 Å². The highest BCUT2D eigenvalue weighted by Gasteiger charge is 2.22. The third-order valence-corrected chi connectivity index (χ3v) is 6.48. The van der Waals surface area contributed by atoms with E-state index in [1.807, 2.05) is 44.2 Å². The lowest BCUT2D eigenvalue weighted by atomic mass is 10.2. The Labute approximate surface area is 194 Å². The lowest BCUT2D eigenvalue weighted by Gasteiger charge is -2.20. The first-order valence-electron chi connectivity index (χ1n) is 10.4. The molecule has 0 aliphatic carbocycles. The summed E-state index contributed by atoms with van der Waals surface area (Å²) < 4.78 is 10.6. The zero-order valence-electron chi connectivity index (χ0n) is 18.8. The monoisotopic (exact) mass is 464 g/mol. The fourth-order valence-corrected chi connectivity index (χ4v) is 4.58. The number of fused-ring (bicyclic) bond motifs is 1. The molecule has 0 unspecified atom stereocenters. The molecule has 0 spiro atoms. The number of benzene rings is 2. The van der Waals surface area contributed by atoms with Crippen molar-refractivity contribution < 1.29 is 14.3 Å². The molecule has 0 radical (unpaired) electrons. The highest BCUT2D eigenvalue weighted by molar-refractivity contribution is 7.17. The van der Waals surface area contributed by atoms with E-state index in [2.05, 4.69) is 15.0 Å². The number of amides is 1. The zero-order chi connectivity index (χ0) is 23.5. The van der Waals surface area contributed by atoms with Gasteiger partial charge in [0.2, 0.25) is 0 Å². The third-order valence-electron chi connectivity index (χ3n) is 5.28. The second kappa shape index (κ2) is 9.41. The molecule has 4 aromatic rings. The van der Waals surface area contributed by atoms with Gasteiger partial charge in [0.25, 0.3) is 11.5 Å². The summed E-state index contributed by atoms with van der Waals surface area (Å²) in [7, 11) is 3.03. The Morgan fingerprint density at radius 1 is 1.09 bits per heavy atom. The molecule has 0 fully saturated rings. The Bertz CT molecular complexity index is 1360. The van der Waals surface area contributed by atoms with Crippen LogP contribution in [0, 0.1) is 6.92 Å². The number of ether oxygens (including phenoxy) is 2. The number of nitrogens with one attached hydrogen (secondary N) is 1. The number of hydrogen-bond donors (Lipinski definition) is 1. The average Bonchev–Trinajstić information content (AvgIpc) is 3.23. The second-order valence-corrected chi connectivity index (χ2v) is 8.35.